The summed E-state index contributed by atoms with van der Waals surface area (Å²) in [5.74, 6) is 0.951. The fourth-order valence-corrected chi connectivity index (χ4v) is 1.89. The first-order valence-corrected chi connectivity index (χ1v) is 6.42. The van der Waals surface area contributed by atoms with Gasteiger partial charge < -0.3 is 5.32 Å². The van der Waals surface area contributed by atoms with Gasteiger partial charge in [0.25, 0.3) is 0 Å². The molecule has 2 aromatic rings. The molecule has 6 heteroatoms. The molecule has 0 aliphatic heterocycles. The van der Waals surface area contributed by atoms with Crippen molar-refractivity contribution in [2.75, 3.05) is 5.32 Å². The van der Waals surface area contributed by atoms with Crippen LogP contribution in [-0.4, -0.2) is 19.6 Å². The van der Waals surface area contributed by atoms with Crippen LogP contribution in [0.4, 0.5) is 5.82 Å². The van der Waals surface area contributed by atoms with Crippen molar-refractivity contribution in [3.8, 4) is 0 Å². The fourth-order valence-electron chi connectivity index (χ4n) is 1.89. The second kappa shape index (κ2) is 6.61. The van der Waals surface area contributed by atoms with Crippen molar-refractivity contribution in [1.82, 2.24) is 19.6 Å². The van der Waals surface area contributed by atoms with E-state index in [1.807, 2.05) is 21.6 Å². The highest BCUT2D eigenvalue weighted by Crippen LogP contribution is 2.15. The third-order valence-corrected chi connectivity index (χ3v) is 2.98. The predicted octanol–water partition coefficient (Wildman–Crippen LogP) is 3.02. The van der Waals surface area contributed by atoms with Gasteiger partial charge in [-0.25, -0.2) is 0 Å². The summed E-state index contributed by atoms with van der Waals surface area (Å²) in [4.78, 5) is 0. The zero-order chi connectivity index (χ0) is 13.1. The van der Waals surface area contributed by atoms with E-state index in [1.165, 1.54) is 11.3 Å². The molecule has 0 aliphatic carbocycles. The van der Waals surface area contributed by atoms with Crippen LogP contribution in [0.3, 0.4) is 0 Å². The minimum atomic E-state index is 0. The van der Waals surface area contributed by atoms with Crippen LogP contribution in [-0.2, 0) is 13.1 Å². The molecule has 0 saturated carbocycles. The van der Waals surface area contributed by atoms with Gasteiger partial charge in [0.2, 0.25) is 0 Å². The summed E-state index contributed by atoms with van der Waals surface area (Å²) in [6.45, 7) is 10.1. The van der Waals surface area contributed by atoms with Crippen LogP contribution in [0, 0.1) is 6.92 Å². The molecule has 2 aromatic heterocycles. The molecule has 0 aliphatic rings. The Kier molecular flexibility index (Phi) is 5.42. The highest BCUT2D eigenvalue weighted by Gasteiger charge is 2.08. The Morgan fingerprint density at radius 1 is 1.37 bits per heavy atom. The number of halogens is 1. The largest absolute Gasteiger partial charge is 0.363 e. The second-order valence-electron chi connectivity index (χ2n) is 4.73. The zero-order valence-corrected chi connectivity index (χ0v) is 12.7. The summed E-state index contributed by atoms with van der Waals surface area (Å²) >= 11 is 0. The van der Waals surface area contributed by atoms with Gasteiger partial charge in [0, 0.05) is 30.5 Å². The Hall–Kier alpha value is -1.49. The first-order chi connectivity index (χ1) is 8.61. The molecular weight excluding hydrogens is 262 g/mol. The van der Waals surface area contributed by atoms with E-state index in [-0.39, 0.29) is 12.4 Å². The Morgan fingerprint density at radius 2 is 2.11 bits per heavy atom. The summed E-state index contributed by atoms with van der Waals surface area (Å²) in [6.07, 6.45) is 3.91. The third-order valence-electron chi connectivity index (χ3n) is 2.98. The maximum atomic E-state index is 4.54. The number of rotatable bonds is 5. The molecule has 0 amide bonds. The number of nitrogens with zero attached hydrogens (tertiary/aromatic N) is 4. The number of hydrogen-bond acceptors (Lipinski definition) is 3. The van der Waals surface area contributed by atoms with Crippen LogP contribution in [0.2, 0.25) is 0 Å². The van der Waals surface area contributed by atoms with Crippen molar-refractivity contribution < 1.29 is 0 Å². The van der Waals surface area contributed by atoms with E-state index >= 15 is 0 Å². The molecule has 2 rings (SSSR count). The van der Waals surface area contributed by atoms with Crippen molar-refractivity contribution in [3.05, 3.63) is 29.7 Å². The van der Waals surface area contributed by atoms with E-state index in [9.17, 15) is 0 Å². The van der Waals surface area contributed by atoms with Crippen LogP contribution in [0.25, 0.3) is 0 Å². The Balaban J connectivity index is 0.00000180. The first kappa shape index (κ1) is 15.6. The molecule has 0 radical (unpaired) electrons. The molecule has 106 valence electrons. The number of nitrogens with one attached hydrogen (secondary N) is 1. The molecule has 0 saturated heterocycles. The lowest BCUT2D eigenvalue weighted by atomic mass is 10.3. The normalized spacial score (nSPS) is 10.6. The Morgan fingerprint density at radius 3 is 2.68 bits per heavy atom. The van der Waals surface area contributed by atoms with Gasteiger partial charge in [-0.3, -0.25) is 9.36 Å². The lowest BCUT2D eigenvalue weighted by Gasteiger charge is -2.07. The van der Waals surface area contributed by atoms with Crippen LogP contribution < -0.4 is 5.32 Å². The molecule has 0 atom stereocenters. The van der Waals surface area contributed by atoms with Gasteiger partial charge in [0.1, 0.15) is 0 Å². The first-order valence-electron chi connectivity index (χ1n) is 6.42. The Bertz CT molecular complexity index is 515. The molecule has 0 aromatic carbocycles. The molecule has 0 unspecified atom stereocenters. The van der Waals surface area contributed by atoms with Crippen molar-refractivity contribution in [1.29, 1.82) is 0 Å². The number of aryl methyl sites for hydroxylation is 2. The molecule has 0 spiro atoms. The third kappa shape index (κ3) is 3.50. The van der Waals surface area contributed by atoms with Gasteiger partial charge in [0.15, 0.2) is 5.82 Å². The lowest BCUT2D eigenvalue weighted by molar-refractivity contribution is 0.533. The summed E-state index contributed by atoms with van der Waals surface area (Å²) < 4.78 is 3.97. The highest BCUT2D eigenvalue weighted by molar-refractivity contribution is 5.85. The zero-order valence-electron chi connectivity index (χ0n) is 11.9. The average Bonchev–Trinajstić information content (AvgIpc) is 2.92. The van der Waals surface area contributed by atoms with Crippen LogP contribution in [0.5, 0.6) is 0 Å². The van der Waals surface area contributed by atoms with Crippen molar-refractivity contribution in [2.24, 2.45) is 0 Å². The van der Waals surface area contributed by atoms with Crippen molar-refractivity contribution in [2.45, 2.75) is 46.8 Å². The monoisotopic (exact) mass is 283 g/mol. The number of aromatic nitrogens is 4. The van der Waals surface area contributed by atoms with Crippen molar-refractivity contribution in [3.63, 3.8) is 0 Å². The van der Waals surface area contributed by atoms with E-state index in [0.717, 1.165) is 18.9 Å². The van der Waals surface area contributed by atoms with Crippen molar-refractivity contribution >= 4 is 18.2 Å². The molecule has 1 N–H and O–H groups in total. The molecule has 5 nitrogen and oxygen atoms in total. The average molecular weight is 284 g/mol. The van der Waals surface area contributed by atoms with E-state index in [1.54, 1.807) is 0 Å². The van der Waals surface area contributed by atoms with Crippen LogP contribution in [0.15, 0.2) is 18.5 Å². The molecule has 2 heterocycles. The maximum absolute atomic E-state index is 4.54. The number of anilines is 1. The van der Waals surface area contributed by atoms with Gasteiger partial charge in [-0.1, -0.05) is 0 Å². The topological polar surface area (TPSA) is 47.7 Å². The van der Waals surface area contributed by atoms with E-state index < -0.39 is 0 Å². The number of hydrogen-bond donors (Lipinski definition) is 1. The molecule has 0 fully saturated rings. The van der Waals surface area contributed by atoms with Gasteiger partial charge in [-0.05, 0) is 33.8 Å². The summed E-state index contributed by atoms with van der Waals surface area (Å²) in [5.41, 5.74) is 2.35. The quantitative estimate of drug-likeness (QED) is 0.917. The minimum Gasteiger partial charge on any atom is -0.363 e. The van der Waals surface area contributed by atoms with Crippen LogP contribution >= 0.6 is 12.4 Å². The molecule has 19 heavy (non-hydrogen) atoms. The van der Waals surface area contributed by atoms with Gasteiger partial charge >= 0.3 is 0 Å². The van der Waals surface area contributed by atoms with E-state index in [2.05, 4.69) is 49.4 Å². The maximum Gasteiger partial charge on any atom is 0.151 e. The van der Waals surface area contributed by atoms with E-state index in [0.29, 0.717) is 6.04 Å². The van der Waals surface area contributed by atoms with E-state index in [4.69, 9.17) is 0 Å². The predicted molar refractivity (Wildman–Crippen MR) is 79.8 cm³/mol. The minimum absolute atomic E-state index is 0. The molecular formula is C13H22ClN5. The SMILES string of the molecule is CCn1nccc1CNc1nn(C(C)C)cc1C.Cl. The standard InChI is InChI=1S/C13H21N5.ClH/c1-5-17-12(6-7-15-17)8-14-13-11(4)9-18(16-13)10(2)3;/h6-7,9-10H,5,8H2,1-4H3,(H,14,16);1H. The van der Waals surface area contributed by atoms with Crippen LogP contribution in [0.1, 0.15) is 38.1 Å². The van der Waals surface area contributed by atoms with Gasteiger partial charge in [-0.15, -0.1) is 12.4 Å². The van der Waals surface area contributed by atoms with Gasteiger partial charge in [0.05, 0.1) is 12.2 Å². The van der Waals surface area contributed by atoms with Gasteiger partial charge in [-0.2, -0.15) is 10.2 Å². The smallest absolute Gasteiger partial charge is 0.151 e. The lowest BCUT2D eigenvalue weighted by Crippen LogP contribution is -2.09. The summed E-state index contributed by atoms with van der Waals surface area (Å²) in [6, 6.07) is 2.42. The molecule has 0 bridgehead atoms. The summed E-state index contributed by atoms with van der Waals surface area (Å²) in [7, 11) is 0. The Labute approximate surface area is 120 Å². The fraction of sp³-hybridized carbons (Fsp3) is 0.538. The highest BCUT2D eigenvalue weighted by atomic mass is 35.5. The second-order valence-corrected chi connectivity index (χ2v) is 4.73. The summed E-state index contributed by atoms with van der Waals surface area (Å²) in [5, 5.41) is 12.2.